The van der Waals surface area contributed by atoms with Crippen molar-refractivity contribution in [2.24, 2.45) is 5.92 Å². The first-order valence-electron chi connectivity index (χ1n) is 6.67. The van der Waals surface area contributed by atoms with Crippen LogP contribution in [0.1, 0.15) is 25.3 Å². The van der Waals surface area contributed by atoms with E-state index >= 15 is 0 Å². The molecule has 1 aromatic rings. The number of rotatable bonds is 2. The Labute approximate surface area is 114 Å². The molecule has 0 aromatic heterocycles. The molecule has 19 heavy (non-hydrogen) atoms. The maximum Gasteiger partial charge on any atom is 0.306 e. The lowest BCUT2D eigenvalue weighted by atomic mass is 9.92. The summed E-state index contributed by atoms with van der Waals surface area (Å²) in [4.78, 5) is 13.2. The Morgan fingerprint density at radius 2 is 2.16 bits per heavy atom. The van der Waals surface area contributed by atoms with E-state index < -0.39 is 5.97 Å². The number of likely N-dealkylation sites (tertiary alicyclic amines) is 1. The van der Waals surface area contributed by atoms with Crippen molar-refractivity contribution in [1.82, 2.24) is 4.90 Å². The first-order valence-corrected chi connectivity index (χ1v) is 6.67. The molecule has 3 heteroatoms. The quantitative estimate of drug-likeness (QED) is 0.826. The molecule has 1 fully saturated rings. The zero-order valence-corrected chi connectivity index (χ0v) is 11.2. The molecule has 3 nitrogen and oxygen atoms in total. The molecule has 0 amide bonds. The van der Waals surface area contributed by atoms with Crippen LogP contribution >= 0.6 is 0 Å². The molecule has 1 aliphatic rings. The van der Waals surface area contributed by atoms with Crippen LogP contribution in [0.25, 0.3) is 0 Å². The molecule has 1 aliphatic heterocycles. The summed E-state index contributed by atoms with van der Waals surface area (Å²) in [6, 6.07) is 10.2. The average molecular weight is 257 g/mol. The number of nitrogens with zero attached hydrogens (tertiary/aromatic N) is 1. The highest BCUT2D eigenvalue weighted by Crippen LogP contribution is 2.22. The van der Waals surface area contributed by atoms with Gasteiger partial charge >= 0.3 is 5.97 Å². The number of aliphatic carboxylic acids is 1. The maximum absolute atomic E-state index is 11.0. The summed E-state index contributed by atoms with van der Waals surface area (Å²) in [6.07, 6.45) is 1.45. The lowest BCUT2D eigenvalue weighted by Crippen LogP contribution is -2.42. The normalized spacial score (nSPS) is 23.4. The molecule has 100 valence electrons. The van der Waals surface area contributed by atoms with Gasteiger partial charge in [-0.2, -0.15) is 0 Å². The van der Waals surface area contributed by atoms with Gasteiger partial charge in [0.1, 0.15) is 0 Å². The first kappa shape index (κ1) is 13.6. The van der Waals surface area contributed by atoms with Crippen molar-refractivity contribution in [2.75, 3.05) is 13.1 Å². The largest absolute Gasteiger partial charge is 0.481 e. The lowest BCUT2D eigenvalue weighted by Gasteiger charge is -2.34. The van der Waals surface area contributed by atoms with E-state index in [2.05, 4.69) is 23.7 Å². The second kappa shape index (κ2) is 6.40. The van der Waals surface area contributed by atoms with Gasteiger partial charge in [0.2, 0.25) is 0 Å². The topological polar surface area (TPSA) is 40.5 Å². The van der Waals surface area contributed by atoms with Gasteiger partial charge in [0.05, 0.1) is 12.5 Å². The van der Waals surface area contributed by atoms with Gasteiger partial charge in [0.15, 0.2) is 0 Å². The van der Waals surface area contributed by atoms with Crippen molar-refractivity contribution in [3.8, 4) is 11.8 Å². The molecule has 1 aromatic carbocycles. The van der Waals surface area contributed by atoms with E-state index in [1.54, 1.807) is 0 Å². The van der Waals surface area contributed by atoms with Gasteiger partial charge in [-0.05, 0) is 31.9 Å². The Morgan fingerprint density at radius 1 is 1.42 bits per heavy atom. The summed E-state index contributed by atoms with van der Waals surface area (Å²) in [6.45, 7) is 3.61. The third-order valence-electron chi connectivity index (χ3n) is 3.65. The molecule has 2 rings (SSSR count). The van der Waals surface area contributed by atoms with Gasteiger partial charge in [0, 0.05) is 18.2 Å². The minimum atomic E-state index is -0.665. The van der Waals surface area contributed by atoms with E-state index in [0.717, 1.165) is 24.9 Å². The van der Waals surface area contributed by atoms with E-state index in [-0.39, 0.29) is 5.92 Å². The minimum absolute atomic E-state index is 0.187. The molecular weight excluding hydrogens is 238 g/mol. The van der Waals surface area contributed by atoms with Gasteiger partial charge in [-0.15, -0.1) is 0 Å². The van der Waals surface area contributed by atoms with E-state index in [4.69, 9.17) is 5.11 Å². The molecule has 0 bridgehead atoms. The first-order chi connectivity index (χ1) is 9.16. The number of carboxylic acids is 1. The van der Waals surface area contributed by atoms with Gasteiger partial charge in [-0.25, -0.2) is 0 Å². The van der Waals surface area contributed by atoms with Crippen LogP contribution in [0, 0.1) is 17.8 Å². The van der Waals surface area contributed by atoms with Crippen molar-refractivity contribution in [1.29, 1.82) is 0 Å². The highest BCUT2D eigenvalue weighted by Gasteiger charge is 2.28. The molecule has 1 heterocycles. The van der Waals surface area contributed by atoms with Crippen LogP contribution in [0.2, 0.25) is 0 Å². The monoisotopic (exact) mass is 257 g/mol. The van der Waals surface area contributed by atoms with Crippen LogP contribution in [-0.2, 0) is 4.79 Å². The molecule has 0 spiro atoms. The van der Waals surface area contributed by atoms with Gasteiger partial charge in [-0.3, -0.25) is 9.69 Å². The number of carboxylic acid groups (broad SMARTS) is 1. The second-order valence-corrected chi connectivity index (χ2v) is 5.05. The number of piperidine rings is 1. The van der Waals surface area contributed by atoms with Crippen LogP contribution in [0.3, 0.4) is 0 Å². The summed E-state index contributed by atoms with van der Waals surface area (Å²) >= 11 is 0. The number of hydrogen-bond donors (Lipinski definition) is 1. The standard InChI is InChI=1S/C16H19NO2/c1-13-12-15(16(18)19)9-11-17(13)10-5-8-14-6-3-2-4-7-14/h2-4,6-7,13,15H,9-12H2,1H3,(H,18,19). The predicted molar refractivity (Wildman–Crippen MR) is 74.7 cm³/mol. The fourth-order valence-corrected chi connectivity index (χ4v) is 2.44. The lowest BCUT2D eigenvalue weighted by molar-refractivity contribution is -0.143. The van der Waals surface area contributed by atoms with Crippen LogP contribution in [0.5, 0.6) is 0 Å². The van der Waals surface area contributed by atoms with Crippen molar-refractivity contribution < 1.29 is 9.90 Å². The summed E-state index contributed by atoms with van der Waals surface area (Å²) in [5.41, 5.74) is 1.02. The molecule has 0 saturated carbocycles. The Balaban J connectivity index is 1.88. The number of hydrogen-bond acceptors (Lipinski definition) is 2. The fraction of sp³-hybridized carbons (Fsp3) is 0.438. The zero-order valence-electron chi connectivity index (χ0n) is 11.2. The van der Waals surface area contributed by atoms with Gasteiger partial charge in [-0.1, -0.05) is 30.0 Å². The van der Waals surface area contributed by atoms with E-state index in [9.17, 15) is 4.79 Å². The molecule has 2 atom stereocenters. The average Bonchev–Trinajstić information content (AvgIpc) is 2.41. The molecule has 2 unspecified atom stereocenters. The minimum Gasteiger partial charge on any atom is -0.481 e. The molecule has 0 aliphatic carbocycles. The molecule has 0 radical (unpaired) electrons. The number of benzene rings is 1. The summed E-state index contributed by atoms with van der Waals surface area (Å²) in [5.74, 6) is 5.46. The Bertz CT molecular complexity index is 486. The van der Waals surface area contributed by atoms with Crippen molar-refractivity contribution in [3.63, 3.8) is 0 Å². The van der Waals surface area contributed by atoms with E-state index in [0.29, 0.717) is 12.6 Å². The summed E-state index contributed by atoms with van der Waals surface area (Å²) in [7, 11) is 0. The van der Waals surface area contributed by atoms with Crippen LogP contribution in [0.15, 0.2) is 30.3 Å². The van der Waals surface area contributed by atoms with Crippen molar-refractivity contribution in [3.05, 3.63) is 35.9 Å². The van der Waals surface area contributed by atoms with E-state index in [1.165, 1.54) is 0 Å². The molecular formula is C16H19NO2. The predicted octanol–water partition coefficient (Wildman–Crippen LogP) is 2.22. The van der Waals surface area contributed by atoms with Gasteiger partial charge < -0.3 is 5.11 Å². The Kier molecular flexibility index (Phi) is 4.59. The summed E-state index contributed by atoms with van der Waals surface area (Å²) in [5, 5.41) is 9.02. The highest BCUT2D eigenvalue weighted by molar-refractivity contribution is 5.70. The third kappa shape index (κ3) is 3.84. The zero-order chi connectivity index (χ0) is 13.7. The molecule has 1 saturated heterocycles. The van der Waals surface area contributed by atoms with Crippen LogP contribution in [-0.4, -0.2) is 35.1 Å². The highest BCUT2D eigenvalue weighted by atomic mass is 16.4. The number of carbonyl (C=O) groups is 1. The van der Waals surface area contributed by atoms with Crippen molar-refractivity contribution >= 4 is 5.97 Å². The molecule has 1 N–H and O–H groups in total. The second-order valence-electron chi connectivity index (χ2n) is 5.05. The smallest absolute Gasteiger partial charge is 0.306 e. The maximum atomic E-state index is 11.0. The van der Waals surface area contributed by atoms with Crippen molar-refractivity contribution in [2.45, 2.75) is 25.8 Å². The van der Waals surface area contributed by atoms with Crippen LogP contribution in [0.4, 0.5) is 0 Å². The third-order valence-corrected chi connectivity index (χ3v) is 3.65. The SMILES string of the molecule is CC1CC(C(=O)O)CCN1CC#Cc1ccccc1. The van der Waals surface area contributed by atoms with Crippen LogP contribution < -0.4 is 0 Å². The fourth-order valence-electron chi connectivity index (χ4n) is 2.44. The van der Waals surface area contributed by atoms with E-state index in [1.807, 2.05) is 30.3 Å². The Hall–Kier alpha value is -1.79. The summed E-state index contributed by atoms with van der Waals surface area (Å²) < 4.78 is 0. The Morgan fingerprint density at radius 3 is 2.79 bits per heavy atom. The van der Waals surface area contributed by atoms with Gasteiger partial charge in [0.25, 0.3) is 0 Å².